The first-order valence-corrected chi connectivity index (χ1v) is 4.05. The average Bonchev–Trinajstić information content (AvgIpc) is 2.18. The molecule has 3 N–H and O–H groups in total. The second-order valence-electron chi connectivity index (χ2n) is 2.89. The highest BCUT2D eigenvalue weighted by atomic mass is 19.2. The van der Waals surface area contributed by atoms with E-state index in [-0.39, 0.29) is 0 Å². The predicted molar refractivity (Wildman–Crippen MR) is 45.7 cm³/mol. The quantitative estimate of drug-likeness (QED) is 0.751. The van der Waals surface area contributed by atoms with Gasteiger partial charge in [0.2, 0.25) is 0 Å². The van der Waals surface area contributed by atoms with Crippen molar-refractivity contribution in [3.05, 3.63) is 35.1 Å². The van der Waals surface area contributed by atoms with Crippen LogP contribution in [0.5, 0.6) is 0 Å². The van der Waals surface area contributed by atoms with Crippen LogP contribution in [0.1, 0.15) is 11.5 Å². The Morgan fingerprint density at radius 2 is 1.93 bits per heavy atom. The summed E-state index contributed by atoms with van der Waals surface area (Å²) in [6.07, 6.45) is 0. The Hall–Kier alpha value is -1.56. The SMILES string of the molecule is NCC(C(=O)O)c1ccc(F)c(F)c1F. The monoisotopic (exact) mass is 219 g/mol. The molecule has 0 saturated heterocycles. The van der Waals surface area contributed by atoms with E-state index in [9.17, 15) is 18.0 Å². The van der Waals surface area contributed by atoms with Crippen molar-refractivity contribution in [2.45, 2.75) is 5.92 Å². The van der Waals surface area contributed by atoms with Crippen LogP contribution in [-0.4, -0.2) is 17.6 Å². The second-order valence-corrected chi connectivity index (χ2v) is 2.89. The summed E-state index contributed by atoms with van der Waals surface area (Å²) in [5.74, 6) is -7.32. The molecule has 1 atom stereocenters. The van der Waals surface area contributed by atoms with Crippen molar-refractivity contribution in [1.29, 1.82) is 0 Å². The van der Waals surface area contributed by atoms with Crippen molar-refractivity contribution >= 4 is 5.97 Å². The molecule has 82 valence electrons. The fourth-order valence-electron chi connectivity index (χ4n) is 1.17. The molecule has 3 nitrogen and oxygen atoms in total. The summed E-state index contributed by atoms with van der Waals surface area (Å²) in [5.41, 5.74) is 4.64. The molecule has 1 rings (SSSR count). The van der Waals surface area contributed by atoms with E-state index in [4.69, 9.17) is 10.8 Å². The van der Waals surface area contributed by atoms with Gasteiger partial charge in [-0.2, -0.15) is 0 Å². The molecule has 0 radical (unpaired) electrons. The van der Waals surface area contributed by atoms with Crippen molar-refractivity contribution < 1.29 is 23.1 Å². The van der Waals surface area contributed by atoms with Gasteiger partial charge in [0.1, 0.15) is 0 Å². The summed E-state index contributed by atoms with van der Waals surface area (Å²) in [5, 5.41) is 8.65. The van der Waals surface area contributed by atoms with Gasteiger partial charge in [-0.3, -0.25) is 4.79 Å². The third kappa shape index (κ3) is 2.10. The number of carboxylic acid groups (broad SMARTS) is 1. The molecule has 1 unspecified atom stereocenters. The number of carbonyl (C=O) groups is 1. The average molecular weight is 219 g/mol. The maximum absolute atomic E-state index is 13.1. The summed E-state index contributed by atoms with van der Waals surface area (Å²) in [4.78, 5) is 10.6. The molecule has 0 bridgehead atoms. The van der Waals surface area contributed by atoms with Crippen molar-refractivity contribution in [3.8, 4) is 0 Å². The van der Waals surface area contributed by atoms with Gasteiger partial charge in [-0.05, 0) is 6.07 Å². The molecule has 0 fully saturated rings. The highest BCUT2D eigenvalue weighted by molar-refractivity contribution is 5.76. The lowest BCUT2D eigenvalue weighted by Crippen LogP contribution is -2.22. The van der Waals surface area contributed by atoms with Crippen molar-refractivity contribution in [2.24, 2.45) is 5.73 Å². The second kappa shape index (κ2) is 4.31. The smallest absolute Gasteiger partial charge is 0.312 e. The van der Waals surface area contributed by atoms with Gasteiger partial charge in [0, 0.05) is 12.1 Å². The topological polar surface area (TPSA) is 63.3 Å². The van der Waals surface area contributed by atoms with E-state index >= 15 is 0 Å². The molecule has 0 aliphatic rings. The van der Waals surface area contributed by atoms with Gasteiger partial charge in [0.25, 0.3) is 0 Å². The van der Waals surface area contributed by atoms with Gasteiger partial charge < -0.3 is 10.8 Å². The Labute approximate surface area is 83.3 Å². The number of carboxylic acids is 1. The molecule has 0 heterocycles. The Balaban J connectivity index is 3.25. The van der Waals surface area contributed by atoms with Crippen LogP contribution in [0.2, 0.25) is 0 Å². The van der Waals surface area contributed by atoms with E-state index in [1.165, 1.54) is 0 Å². The zero-order chi connectivity index (χ0) is 11.6. The lowest BCUT2D eigenvalue weighted by Gasteiger charge is -2.11. The minimum absolute atomic E-state index is 0.392. The molecule has 6 heteroatoms. The molecule has 15 heavy (non-hydrogen) atoms. The fourth-order valence-corrected chi connectivity index (χ4v) is 1.17. The number of aliphatic carboxylic acids is 1. The van der Waals surface area contributed by atoms with E-state index in [2.05, 4.69) is 0 Å². The molecular formula is C9H8F3NO2. The lowest BCUT2D eigenvalue weighted by atomic mass is 9.98. The van der Waals surface area contributed by atoms with Crippen LogP contribution in [0, 0.1) is 17.5 Å². The third-order valence-corrected chi connectivity index (χ3v) is 1.97. The van der Waals surface area contributed by atoms with Gasteiger partial charge in [0.15, 0.2) is 17.5 Å². The zero-order valence-electron chi connectivity index (χ0n) is 7.51. The lowest BCUT2D eigenvalue weighted by molar-refractivity contribution is -0.138. The maximum Gasteiger partial charge on any atom is 0.312 e. The normalized spacial score (nSPS) is 12.5. The number of benzene rings is 1. The first kappa shape index (κ1) is 11.5. The molecule has 0 amide bonds. The van der Waals surface area contributed by atoms with E-state index < -0.39 is 41.4 Å². The number of rotatable bonds is 3. The van der Waals surface area contributed by atoms with Gasteiger partial charge in [-0.25, -0.2) is 13.2 Å². The Kier molecular flexibility index (Phi) is 3.31. The number of hydrogen-bond acceptors (Lipinski definition) is 2. The van der Waals surface area contributed by atoms with Crippen LogP contribution in [0.25, 0.3) is 0 Å². The molecule has 1 aromatic rings. The number of halogens is 3. The van der Waals surface area contributed by atoms with Crippen molar-refractivity contribution in [2.75, 3.05) is 6.54 Å². The van der Waals surface area contributed by atoms with E-state index in [1.807, 2.05) is 0 Å². The minimum atomic E-state index is -1.69. The van der Waals surface area contributed by atoms with Gasteiger partial charge >= 0.3 is 5.97 Å². The highest BCUT2D eigenvalue weighted by Gasteiger charge is 2.24. The number of hydrogen-bond donors (Lipinski definition) is 2. The molecule has 0 spiro atoms. The minimum Gasteiger partial charge on any atom is -0.481 e. The summed E-state index contributed by atoms with van der Waals surface area (Å²) in [6, 6.07) is 1.54. The van der Waals surface area contributed by atoms with Crippen LogP contribution in [0.15, 0.2) is 12.1 Å². The zero-order valence-corrected chi connectivity index (χ0v) is 7.51. The summed E-state index contributed by atoms with van der Waals surface area (Å²) >= 11 is 0. The summed E-state index contributed by atoms with van der Waals surface area (Å²) < 4.78 is 38.4. The van der Waals surface area contributed by atoms with Crippen LogP contribution in [0.3, 0.4) is 0 Å². The van der Waals surface area contributed by atoms with E-state index in [1.54, 1.807) is 0 Å². The third-order valence-electron chi connectivity index (χ3n) is 1.97. The molecule has 0 aromatic heterocycles. The molecule has 0 aliphatic carbocycles. The van der Waals surface area contributed by atoms with Crippen LogP contribution in [0.4, 0.5) is 13.2 Å². The van der Waals surface area contributed by atoms with E-state index in [0.29, 0.717) is 6.07 Å². The maximum atomic E-state index is 13.1. The van der Waals surface area contributed by atoms with Gasteiger partial charge in [-0.15, -0.1) is 0 Å². The van der Waals surface area contributed by atoms with Gasteiger partial charge in [0.05, 0.1) is 5.92 Å². The largest absolute Gasteiger partial charge is 0.481 e. The molecule has 0 aliphatic heterocycles. The van der Waals surface area contributed by atoms with Crippen LogP contribution < -0.4 is 5.73 Å². The predicted octanol–water partition coefficient (Wildman–Crippen LogP) is 1.23. The Morgan fingerprint density at radius 3 is 2.40 bits per heavy atom. The first-order valence-electron chi connectivity index (χ1n) is 4.05. The van der Waals surface area contributed by atoms with E-state index in [0.717, 1.165) is 6.07 Å². The number of nitrogens with two attached hydrogens (primary N) is 1. The molecular weight excluding hydrogens is 211 g/mol. The first-order chi connectivity index (χ1) is 6.99. The summed E-state index contributed by atoms with van der Waals surface area (Å²) in [7, 11) is 0. The van der Waals surface area contributed by atoms with Crippen LogP contribution in [-0.2, 0) is 4.79 Å². The standard InChI is InChI=1S/C9H8F3NO2/c10-6-2-1-4(7(11)8(6)12)5(3-13)9(14)15/h1-2,5H,3,13H2,(H,14,15). The Morgan fingerprint density at radius 1 is 1.33 bits per heavy atom. The van der Waals surface area contributed by atoms with Gasteiger partial charge in [-0.1, -0.05) is 6.07 Å². The van der Waals surface area contributed by atoms with Crippen LogP contribution >= 0.6 is 0 Å². The summed E-state index contributed by atoms with van der Waals surface area (Å²) in [6.45, 7) is -0.392. The highest BCUT2D eigenvalue weighted by Crippen LogP contribution is 2.22. The van der Waals surface area contributed by atoms with Crippen molar-refractivity contribution in [1.82, 2.24) is 0 Å². The Bertz CT molecular complexity index is 395. The molecule has 1 aromatic carbocycles. The molecule has 0 saturated carbocycles. The fraction of sp³-hybridized carbons (Fsp3) is 0.222. The van der Waals surface area contributed by atoms with Crippen molar-refractivity contribution in [3.63, 3.8) is 0 Å².